The van der Waals surface area contributed by atoms with Crippen molar-refractivity contribution in [1.82, 2.24) is 4.98 Å². The second-order valence-electron chi connectivity index (χ2n) is 4.13. The maximum Gasteiger partial charge on any atom is 0.145 e. The van der Waals surface area contributed by atoms with E-state index < -0.39 is 0 Å². The summed E-state index contributed by atoms with van der Waals surface area (Å²) in [5.74, 6) is 2.07. The molecule has 0 aliphatic carbocycles. The Hall–Kier alpha value is -2.14. The average molecular weight is 294 g/mol. The molecule has 0 spiro atoms. The van der Waals surface area contributed by atoms with Gasteiger partial charge < -0.3 is 20.5 Å². The van der Waals surface area contributed by atoms with Gasteiger partial charge in [0.05, 0.1) is 31.1 Å². The predicted molar refractivity (Wildman–Crippen MR) is 80.5 cm³/mol. The largest absolute Gasteiger partial charge is 0.497 e. The Labute approximate surface area is 122 Å². The van der Waals surface area contributed by atoms with Gasteiger partial charge in [-0.3, -0.25) is 0 Å². The number of nitrogen functional groups attached to an aromatic ring is 1. The monoisotopic (exact) mass is 293 g/mol. The summed E-state index contributed by atoms with van der Waals surface area (Å²) in [6.45, 7) is 0.532. The first-order valence-electron chi connectivity index (χ1n) is 6.00. The third-order valence-electron chi connectivity index (χ3n) is 2.80. The number of benzene rings is 1. The van der Waals surface area contributed by atoms with Crippen LogP contribution in [0.15, 0.2) is 30.5 Å². The molecule has 1 heterocycles. The lowest BCUT2D eigenvalue weighted by Crippen LogP contribution is -2.04. The highest BCUT2D eigenvalue weighted by molar-refractivity contribution is 6.33. The molecular weight excluding hydrogens is 278 g/mol. The van der Waals surface area contributed by atoms with Crippen molar-refractivity contribution in [3.63, 3.8) is 0 Å². The fraction of sp³-hybridized carbons (Fsp3) is 0.214. The van der Waals surface area contributed by atoms with Crippen molar-refractivity contribution in [3.05, 3.63) is 41.0 Å². The number of hydrogen-bond donors (Lipinski definition) is 2. The Morgan fingerprint density at radius 3 is 2.70 bits per heavy atom. The van der Waals surface area contributed by atoms with Gasteiger partial charge in [-0.05, 0) is 18.2 Å². The molecule has 3 N–H and O–H groups in total. The van der Waals surface area contributed by atoms with Crippen LogP contribution in [0.5, 0.6) is 11.5 Å². The fourth-order valence-electron chi connectivity index (χ4n) is 1.76. The van der Waals surface area contributed by atoms with E-state index in [1.54, 1.807) is 26.5 Å². The van der Waals surface area contributed by atoms with Crippen LogP contribution in [-0.4, -0.2) is 19.2 Å². The van der Waals surface area contributed by atoms with Crippen molar-refractivity contribution in [2.75, 3.05) is 25.3 Å². The molecular formula is C14H16ClN3O2. The summed E-state index contributed by atoms with van der Waals surface area (Å²) >= 11 is 6.06. The molecule has 0 fully saturated rings. The van der Waals surface area contributed by atoms with E-state index in [2.05, 4.69) is 10.3 Å². The lowest BCUT2D eigenvalue weighted by molar-refractivity contribution is 0.391. The van der Waals surface area contributed by atoms with Gasteiger partial charge >= 0.3 is 0 Å². The summed E-state index contributed by atoms with van der Waals surface area (Å²) in [5.41, 5.74) is 7.11. The SMILES string of the molecule is COc1ccc(CNc2ncc(N)cc2Cl)c(OC)c1. The molecule has 2 rings (SSSR count). The number of nitrogens with two attached hydrogens (primary N) is 1. The highest BCUT2D eigenvalue weighted by Gasteiger charge is 2.07. The molecule has 0 unspecified atom stereocenters. The first-order chi connectivity index (χ1) is 9.63. The van der Waals surface area contributed by atoms with Crippen LogP contribution in [0.2, 0.25) is 5.02 Å². The Kier molecular flexibility index (Phi) is 4.53. The molecule has 0 saturated carbocycles. The molecule has 6 heteroatoms. The summed E-state index contributed by atoms with van der Waals surface area (Å²) in [6.07, 6.45) is 1.56. The molecule has 1 aromatic heterocycles. The van der Waals surface area contributed by atoms with E-state index in [1.807, 2.05) is 18.2 Å². The van der Waals surface area contributed by atoms with Crippen LogP contribution in [0.4, 0.5) is 11.5 Å². The number of pyridine rings is 1. The van der Waals surface area contributed by atoms with Crippen LogP contribution in [-0.2, 0) is 6.54 Å². The zero-order valence-corrected chi connectivity index (χ0v) is 12.1. The maximum absolute atomic E-state index is 6.06. The van der Waals surface area contributed by atoms with E-state index in [0.717, 1.165) is 17.1 Å². The number of aromatic nitrogens is 1. The summed E-state index contributed by atoms with van der Waals surface area (Å²) in [7, 11) is 3.23. The standard InChI is InChI=1S/C14H16ClN3O2/c1-19-11-4-3-9(13(6-11)20-2)7-17-14-12(15)5-10(16)8-18-14/h3-6,8H,7,16H2,1-2H3,(H,17,18). The van der Waals surface area contributed by atoms with Gasteiger partial charge in [-0.25, -0.2) is 4.98 Å². The average Bonchev–Trinajstić information content (AvgIpc) is 2.46. The minimum atomic E-state index is 0.484. The van der Waals surface area contributed by atoms with Crippen LogP contribution >= 0.6 is 11.6 Å². The van der Waals surface area contributed by atoms with E-state index in [0.29, 0.717) is 23.1 Å². The number of methoxy groups -OCH3 is 2. The van der Waals surface area contributed by atoms with Crippen molar-refractivity contribution >= 4 is 23.1 Å². The minimum Gasteiger partial charge on any atom is -0.497 e. The number of ether oxygens (including phenoxy) is 2. The molecule has 0 atom stereocenters. The third-order valence-corrected chi connectivity index (χ3v) is 3.09. The van der Waals surface area contributed by atoms with Gasteiger partial charge in [0.25, 0.3) is 0 Å². The first-order valence-corrected chi connectivity index (χ1v) is 6.37. The number of nitrogens with zero attached hydrogens (tertiary/aromatic N) is 1. The lowest BCUT2D eigenvalue weighted by Gasteiger charge is -2.12. The van der Waals surface area contributed by atoms with E-state index >= 15 is 0 Å². The van der Waals surface area contributed by atoms with Gasteiger partial charge in [0, 0.05) is 18.2 Å². The molecule has 0 radical (unpaired) electrons. The second-order valence-corrected chi connectivity index (χ2v) is 4.54. The van der Waals surface area contributed by atoms with Crippen LogP contribution in [0.3, 0.4) is 0 Å². The summed E-state index contributed by atoms with van der Waals surface area (Å²) in [6, 6.07) is 7.28. The summed E-state index contributed by atoms with van der Waals surface area (Å²) < 4.78 is 10.5. The van der Waals surface area contributed by atoms with Crippen molar-refractivity contribution in [2.24, 2.45) is 0 Å². The Bertz CT molecular complexity index is 605. The molecule has 0 bridgehead atoms. The smallest absolute Gasteiger partial charge is 0.145 e. The molecule has 2 aromatic rings. The van der Waals surface area contributed by atoms with Crippen LogP contribution in [0.25, 0.3) is 0 Å². The Morgan fingerprint density at radius 1 is 1.25 bits per heavy atom. The number of nitrogens with one attached hydrogen (secondary N) is 1. The highest BCUT2D eigenvalue weighted by atomic mass is 35.5. The topological polar surface area (TPSA) is 69.4 Å². The van der Waals surface area contributed by atoms with Gasteiger partial charge in [0.15, 0.2) is 0 Å². The van der Waals surface area contributed by atoms with Crippen molar-refractivity contribution in [2.45, 2.75) is 6.54 Å². The van der Waals surface area contributed by atoms with Crippen LogP contribution in [0.1, 0.15) is 5.56 Å². The molecule has 0 aliphatic rings. The Balaban J connectivity index is 2.14. The number of halogens is 1. The van der Waals surface area contributed by atoms with Gasteiger partial charge in [0.1, 0.15) is 17.3 Å². The van der Waals surface area contributed by atoms with E-state index in [1.165, 1.54) is 0 Å². The normalized spacial score (nSPS) is 10.2. The van der Waals surface area contributed by atoms with Gasteiger partial charge in [-0.1, -0.05) is 11.6 Å². The van der Waals surface area contributed by atoms with Crippen molar-refractivity contribution in [3.8, 4) is 11.5 Å². The maximum atomic E-state index is 6.06. The third kappa shape index (κ3) is 3.24. The molecule has 106 valence electrons. The highest BCUT2D eigenvalue weighted by Crippen LogP contribution is 2.26. The van der Waals surface area contributed by atoms with Crippen molar-refractivity contribution in [1.29, 1.82) is 0 Å². The van der Waals surface area contributed by atoms with Gasteiger partial charge in [-0.15, -0.1) is 0 Å². The fourth-order valence-corrected chi connectivity index (χ4v) is 2.00. The number of anilines is 2. The van der Waals surface area contributed by atoms with Crippen LogP contribution < -0.4 is 20.5 Å². The van der Waals surface area contributed by atoms with E-state index in [-0.39, 0.29) is 0 Å². The lowest BCUT2D eigenvalue weighted by atomic mass is 10.2. The Morgan fingerprint density at radius 2 is 2.05 bits per heavy atom. The van der Waals surface area contributed by atoms with Gasteiger partial charge in [0.2, 0.25) is 0 Å². The molecule has 0 saturated heterocycles. The molecule has 0 aliphatic heterocycles. The van der Waals surface area contributed by atoms with Crippen molar-refractivity contribution < 1.29 is 9.47 Å². The zero-order valence-electron chi connectivity index (χ0n) is 11.3. The molecule has 1 aromatic carbocycles. The quantitative estimate of drug-likeness (QED) is 0.887. The first kappa shape index (κ1) is 14.3. The summed E-state index contributed by atoms with van der Waals surface area (Å²) in [5, 5.41) is 3.63. The molecule has 5 nitrogen and oxygen atoms in total. The van der Waals surface area contributed by atoms with E-state index in [9.17, 15) is 0 Å². The predicted octanol–water partition coefficient (Wildman–Crippen LogP) is 2.95. The van der Waals surface area contributed by atoms with Crippen LogP contribution in [0, 0.1) is 0 Å². The zero-order chi connectivity index (χ0) is 14.5. The number of rotatable bonds is 5. The summed E-state index contributed by atoms with van der Waals surface area (Å²) in [4.78, 5) is 4.15. The number of hydrogen-bond acceptors (Lipinski definition) is 5. The second kappa shape index (κ2) is 6.34. The van der Waals surface area contributed by atoms with Gasteiger partial charge in [-0.2, -0.15) is 0 Å². The molecule has 0 amide bonds. The molecule has 20 heavy (non-hydrogen) atoms. The minimum absolute atomic E-state index is 0.484. The van der Waals surface area contributed by atoms with E-state index in [4.69, 9.17) is 26.8 Å².